The topological polar surface area (TPSA) is 49.9 Å². The van der Waals surface area contributed by atoms with Gasteiger partial charge in [-0.3, -0.25) is 4.90 Å². The average Bonchev–Trinajstić information content (AvgIpc) is 2.54. The van der Waals surface area contributed by atoms with Gasteiger partial charge in [-0.1, -0.05) is 19.4 Å². The minimum absolute atomic E-state index is 0.229. The maximum absolute atomic E-state index is 13.7. The third-order valence-corrected chi connectivity index (χ3v) is 6.06. The normalized spacial score (nSPS) is 17.3. The van der Waals surface area contributed by atoms with E-state index in [1.165, 1.54) is 13.2 Å². The van der Waals surface area contributed by atoms with Crippen LogP contribution in [0.15, 0.2) is 18.2 Å². The second-order valence-corrected chi connectivity index (χ2v) is 7.90. The lowest BCUT2D eigenvalue weighted by Gasteiger charge is -2.34. The van der Waals surface area contributed by atoms with Crippen LogP contribution in [-0.2, 0) is 16.6 Å². The highest BCUT2D eigenvalue weighted by molar-refractivity contribution is 7.89. The van der Waals surface area contributed by atoms with Gasteiger partial charge in [0.25, 0.3) is 0 Å². The van der Waals surface area contributed by atoms with E-state index >= 15 is 0 Å². The molecule has 1 aliphatic heterocycles. The lowest BCUT2D eigenvalue weighted by molar-refractivity contribution is 0.181. The third kappa shape index (κ3) is 4.89. The molecule has 5 nitrogen and oxygen atoms in total. The van der Waals surface area contributed by atoms with Crippen molar-refractivity contribution in [3.8, 4) is 5.75 Å². The summed E-state index contributed by atoms with van der Waals surface area (Å²) < 4.78 is 44.5. The second kappa shape index (κ2) is 8.08. The summed E-state index contributed by atoms with van der Waals surface area (Å²) in [5.41, 5.74) is 0.866. The van der Waals surface area contributed by atoms with Crippen molar-refractivity contribution >= 4 is 10.0 Å². The van der Waals surface area contributed by atoms with Gasteiger partial charge in [-0.15, -0.1) is 0 Å². The number of methoxy groups -OCH3 is 1. The van der Waals surface area contributed by atoms with Crippen molar-refractivity contribution in [1.29, 1.82) is 0 Å². The Morgan fingerprint density at radius 1 is 1.22 bits per heavy atom. The van der Waals surface area contributed by atoms with Gasteiger partial charge in [-0.25, -0.2) is 12.8 Å². The lowest BCUT2D eigenvalue weighted by atomic mass is 10.2. The Morgan fingerprint density at radius 3 is 2.48 bits per heavy atom. The summed E-state index contributed by atoms with van der Waals surface area (Å²) in [5, 5.41) is 0. The molecule has 0 spiro atoms. The van der Waals surface area contributed by atoms with E-state index < -0.39 is 10.0 Å². The Labute approximate surface area is 138 Å². The van der Waals surface area contributed by atoms with Crippen molar-refractivity contribution in [3.63, 3.8) is 0 Å². The van der Waals surface area contributed by atoms with Crippen LogP contribution in [0.1, 0.15) is 25.3 Å². The van der Waals surface area contributed by atoms with Gasteiger partial charge in [0.15, 0.2) is 11.6 Å². The number of hydrogen-bond donors (Lipinski definition) is 0. The summed E-state index contributed by atoms with van der Waals surface area (Å²) in [4.78, 5) is 2.15. The zero-order chi connectivity index (χ0) is 16.9. The van der Waals surface area contributed by atoms with E-state index in [9.17, 15) is 12.8 Å². The van der Waals surface area contributed by atoms with Gasteiger partial charge < -0.3 is 4.74 Å². The first-order valence-corrected chi connectivity index (χ1v) is 9.59. The average molecular weight is 344 g/mol. The Balaban J connectivity index is 1.88. The Morgan fingerprint density at radius 2 is 1.91 bits per heavy atom. The van der Waals surface area contributed by atoms with Crippen molar-refractivity contribution in [2.45, 2.75) is 26.3 Å². The molecule has 0 aliphatic carbocycles. The summed E-state index contributed by atoms with van der Waals surface area (Å²) in [6, 6.07) is 4.94. The number of benzene rings is 1. The molecule has 130 valence electrons. The van der Waals surface area contributed by atoms with Gasteiger partial charge in [0, 0.05) is 32.7 Å². The zero-order valence-electron chi connectivity index (χ0n) is 13.8. The van der Waals surface area contributed by atoms with Crippen LogP contribution in [0.5, 0.6) is 5.75 Å². The summed E-state index contributed by atoms with van der Waals surface area (Å²) in [6.45, 7) is 4.94. The van der Waals surface area contributed by atoms with Gasteiger partial charge in [-0.2, -0.15) is 4.31 Å². The fourth-order valence-corrected chi connectivity index (χ4v) is 4.32. The molecule has 23 heavy (non-hydrogen) atoms. The van der Waals surface area contributed by atoms with Gasteiger partial charge in [0.2, 0.25) is 10.0 Å². The van der Waals surface area contributed by atoms with E-state index in [2.05, 4.69) is 4.90 Å². The molecule has 0 amide bonds. The molecule has 1 heterocycles. The molecule has 7 heteroatoms. The number of ether oxygens (including phenoxy) is 1. The molecular weight excluding hydrogens is 319 g/mol. The highest BCUT2D eigenvalue weighted by Gasteiger charge is 2.26. The molecule has 1 fully saturated rings. The van der Waals surface area contributed by atoms with Crippen molar-refractivity contribution in [3.05, 3.63) is 29.6 Å². The third-order valence-electron chi connectivity index (χ3n) is 4.10. The molecule has 2 rings (SSSR count). The number of unbranched alkanes of at least 4 members (excludes halogenated alkanes) is 1. The van der Waals surface area contributed by atoms with E-state index in [1.807, 2.05) is 13.0 Å². The first-order valence-electron chi connectivity index (χ1n) is 7.99. The molecule has 0 unspecified atom stereocenters. The summed E-state index contributed by atoms with van der Waals surface area (Å²) in [6.07, 6.45) is 1.58. The first-order chi connectivity index (χ1) is 11.0. The summed E-state index contributed by atoms with van der Waals surface area (Å²) >= 11 is 0. The lowest BCUT2D eigenvalue weighted by Crippen LogP contribution is -2.48. The molecule has 0 N–H and O–H groups in total. The fourth-order valence-electron chi connectivity index (χ4n) is 2.69. The van der Waals surface area contributed by atoms with Crippen molar-refractivity contribution in [1.82, 2.24) is 9.21 Å². The molecule has 1 saturated heterocycles. The van der Waals surface area contributed by atoms with E-state index in [0.717, 1.165) is 12.0 Å². The van der Waals surface area contributed by atoms with E-state index in [4.69, 9.17) is 4.74 Å². The maximum Gasteiger partial charge on any atom is 0.214 e. The smallest absolute Gasteiger partial charge is 0.214 e. The summed E-state index contributed by atoms with van der Waals surface area (Å²) in [7, 11) is -1.69. The number of hydrogen-bond acceptors (Lipinski definition) is 4. The Bertz CT molecular complexity index is 614. The standard InChI is InChI=1S/C16H25FN2O3S/c1-3-4-11-23(20,21)19-9-7-18(8-10-19)13-14-5-6-16(22-2)15(17)12-14/h5-6,12H,3-4,7-11,13H2,1-2H3. The van der Waals surface area contributed by atoms with E-state index in [0.29, 0.717) is 39.1 Å². The van der Waals surface area contributed by atoms with Gasteiger partial charge in [0.1, 0.15) is 0 Å². The van der Waals surface area contributed by atoms with Crippen LogP contribution in [0.2, 0.25) is 0 Å². The first kappa shape index (κ1) is 18.2. The van der Waals surface area contributed by atoms with E-state index in [1.54, 1.807) is 10.4 Å². The largest absolute Gasteiger partial charge is 0.494 e. The summed E-state index contributed by atoms with van der Waals surface area (Å²) in [5.74, 6) is 0.0964. The molecule has 1 aromatic rings. The van der Waals surface area contributed by atoms with Crippen LogP contribution < -0.4 is 4.74 Å². The molecule has 0 radical (unpaired) electrons. The number of halogens is 1. The van der Waals surface area contributed by atoms with Crippen LogP contribution in [-0.4, -0.2) is 56.7 Å². The number of rotatable bonds is 7. The Kier molecular flexibility index (Phi) is 6.38. The van der Waals surface area contributed by atoms with E-state index in [-0.39, 0.29) is 17.3 Å². The molecule has 0 aromatic heterocycles. The maximum atomic E-state index is 13.7. The molecule has 0 atom stereocenters. The van der Waals surface area contributed by atoms with Gasteiger partial charge in [0.05, 0.1) is 12.9 Å². The van der Waals surface area contributed by atoms with Crippen LogP contribution in [0.25, 0.3) is 0 Å². The molecule has 1 aromatic carbocycles. The minimum atomic E-state index is -3.13. The van der Waals surface area contributed by atoms with Gasteiger partial charge >= 0.3 is 0 Å². The SMILES string of the molecule is CCCCS(=O)(=O)N1CCN(Cc2ccc(OC)c(F)c2)CC1. The van der Waals surface area contributed by atoms with Crippen molar-refractivity contribution in [2.24, 2.45) is 0 Å². The highest BCUT2D eigenvalue weighted by atomic mass is 32.2. The van der Waals surface area contributed by atoms with Crippen LogP contribution in [0.4, 0.5) is 4.39 Å². The highest BCUT2D eigenvalue weighted by Crippen LogP contribution is 2.19. The molecule has 1 aliphatic rings. The monoisotopic (exact) mass is 344 g/mol. The van der Waals surface area contributed by atoms with Crippen LogP contribution >= 0.6 is 0 Å². The number of sulfonamides is 1. The minimum Gasteiger partial charge on any atom is -0.494 e. The predicted molar refractivity (Wildman–Crippen MR) is 88.5 cm³/mol. The van der Waals surface area contributed by atoms with Crippen molar-refractivity contribution < 1.29 is 17.5 Å². The van der Waals surface area contributed by atoms with Gasteiger partial charge in [-0.05, 0) is 24.1 Å². The molecule has 0 bridgehead atoms. The zero-order valence-corrected chi connectivity index (χ0v) is 14.6. The quantitative estimate of drug-likeness (QED) is 0.760. The van der Waals surface area contributed by atoms with Crippen molar-refractivity contribution in [2.75, 3.05) is 39.0 Å². The number of nitrogens with zero attached hydrogens (tertiary/aromatic N) is 2. The fraction of sp³-hybridized carbons (Fsp3) is 0.625. The van der Waals surface area contributed by atoms with Crippen LogP contribution in [0, 0.1) is 5.82 Å². The predicted octanol–water partition coefficient (Wildman–Crippen LogP) is 2.08. The Hall–Kier alpha value is -1.18. The molecule has 0 saturated carbocycles. The molecular formula is C16H25FN2O3S. The number of piperazine rings is 1. The second-order valence-electron chi connectivity index (χ2n) is 5.81. The van der Waals surface area contributed by atoms with Crippen LogP contribution in [0.3, 0.4) is 0 Å².